The lowest BCUT2D eigenvalue weighted by Gasteiger charge is -2.12. The summed E-state index contributed by atoms with van der Waals surface area (Å²) in [5.74, 6) is 0. The Bertz CT molecular complexity index is 3470. The molecule has 0 radical (unpaired) electrons. The first-order chi connectivity index (χ1) is 34.6. The van der Waals surface area contributed by atoms with E-state index in [2.05, 4.69) is 243 Å². The van der Waals surface area contributed by atoms with Crippen LogP contribution >= 0.6 is 0 Å². The van der Waals surface area contributed by atoms with Gasteiger partial charge in [0.25, 0.3) is 0 Å². The summed E-state index contributed by atoms with van der Waals surface area (Å²) in [5, 5.41) is 0. The summed E-state index contributed by atoms with van der Waals surface area (Å²) in [5.41, 5.74) is 20.4. The van der Waals surface area contributed by atoms with Crippen LogP contribution in [-0.4, -0.2) is 22.8 Å². The first-order valence-corrected chi connectivity index (χ1v) is 23.8. The molecule has 10 aromatic carbocycles. The van der Waals surface area contributed by atoms with Gasteiger partial charge in [-0.2, -0.15) is 0 Å². The van der Waals surface area contributed by atoms with E-state index in [4.69, 9.17) is 20.0 Å². The highest BCUT2D eigenvalue weighted by atomic mass is 14.8. The summed E-state index contributed by atoms with van der Waals surface area (Å²) < 4.78 is 0. The van der Waals surface area contributed by atoms with Crippen LogP contribution in [0.25, 0.3) is 0 Å². The molecule has 20 rings (SSSR count). The highest BCUT2D eigenvalue weighted by Crippen LogP contribution is 2.27. The van der Waals surface area contributed by atoms with E-state index < -0.39 is 0 Å². The van der Waals surface area contributed by atoms with Crippen LogP contribution in [0.5, 0.6) is 0 Å². The number of benzene rings is 10. The number of hydrogen-bond acceptors (Lipinski definition) is 4. The standard InChI is InChI=1S/C66H48N4/c1-5-13-51(14-6-1)63-55-29-21-47(22-30-55)45-48-23-37-59(38-24-48)67-64(52-15-7-2-8-16-52)56-31-33-57(34-32-56)65(53-17-9-3-10-18-53)68-60-39-25-49(26-40-60)46-50-27-41-61(42-28-50)69-66(54-19-11-4-12-20-54)58-35-43-62(70-63)44-36-58/h1-44H,45-46H2. The number of nitrogens with zero attached hydrogens (tertiary/aromatic N) is 4. The third kappa shape index (κ3) is 10.2. The molecular weight excluding hydrogens is 849 g/mol. The van der Waals surface area contributed by atoms with Crippen molar-refractivity contribution in [3.05, 3.63) is 334 Å². The van der Waals surface area contributed by atoms with Gasteiger partial charge >= 0.3 is 0 Å². The fourth-order valence-electron chi connectivity index (χ4n) is 8.88. The third-order valence-corrected chi connectivity index (χ3v) is 12.6. The molecule has 332 valence electrons. The summed E-state index contributed by atoms with van der Waals surface area (Å²) in [7, 11) is 0. The Morgan fingerprint density at radius 2 is 0.343 bits per heavy atom. The predicted molar refractivity (Wildman–Crippen MR) is 291 cm³/mol. The lowest BCUT2D eigenvalue weighted by Crippen LogP contribution is -2.06. The molecule has 12 bridgehead atoms. The van der Waals surface area contributed by atoms with Crippen LogP contribution in [0.15, 0.2) is 287 Å². The molecule has 0 spiro atoms. The molecule has 0 amide bonds. The van der Waals surface area contributed by atoms with Gasteiger partial charge < -0.3 is 0 Å². The molecule has 0 saturated carbocycles. The summed E-state index contributed by atoms with van der Waals surface area (Å²) in [6, 6.07) is 93.3. The van der Waals surface area contributed by atoms with E-state index in [0.717, 1.165) is 103 Å². The van der Waals surface area contributed by atoms with Gasteiger partial charge in [0.05, 0.1) is 45.6 Å². The van der Waals surface area contributed by atoms with Crippen molar-refractivity contribution in [3.8, 4) is 0 Å². The van der Waals surface area contributed by atoms with Gasteiger partial charge in [-0.15, -0.1) is 0 Å². The Kier molecular flexibility index (Phi) is 12.7. The molecule has 0 atom stereocenters. The molecule has 0 fully saturated rings. The van der Waals surface area contributed by atoms with Crippen molar-refractivity contribution in [1.29, 1.82) is 0 Å². The number of hydrogen-bond donors (Lipinski definition) is 0. The summed E-state index contributed by atoms with van der Waals surface area (Å²) in [4.78, 5) is 21.1. The summed E-state index contributed by atoms with van der Waals surface area (Å²) in [6.07, 6.45) is 1.58. The summed E-state index contributed by atoms with van der Waals surface area (Å²) in [6.45, 7) is 0. The van der Waals surface area contributed by atoms with Crippen molar-refractivity contribution < 1.29 is 0 Å². The third-order valence-electron chi connectivity index (χ3n) is 12.6. The van der Waals surface area contributed by atoms with Crippen LogP contribution in [0.3, 0.4) is 0 Å². The molecule has 0 aromatic heterocycles. The number of rotatable bonds is 4. The van der Waals surface area contributed by atoms with E-state index in [9.17, 15) is 0 Å². The Labute approximate surface area is 410 Å². The van der Waals surface area contributed by atoms with Crippen LogP contribution in [0.1, 0.15) is 66.8 Å². The molecule has 4 nitrogen and oxygen atoms in total. The minimum atomic E-state index is 0.791. The highest BCUT2D eigenvalue weighted by Gasteiger charge is 2.14. The lowest BCUT2D eigenvalue weighted by atomic mass is 9.97. The van der Waals surface area contributed by atoms with E-state index in [-0.39, 0.29) is 0 Å². The Morgan fingerprint density at radius 1 is 0.171 bits per heavy atom. The van der Waals surface area contributed by atoms with E-state index in [1.807, 2.05) is 24.3 Å². The van der Waals surface area contributed by atoms with Crippen LogP contribution in [0.4, 0.5) is 22.7 Å². The van der Waals surface area contributed by atoms with Gasteiger partial charge in [0.15, 0.2) is 0 Å². The minimum Gasteiger partial charge on any atom is -0.248 e. The van der Waals surface area contributed by atoms with E-state index >= 15 is 0 Å². The average Bonchev–Trinajstić information content (AvgIpc) is 3.43. The van der Waals surface area contributed by atoms with Gasteiger partial charge in [-0.3, -0.25) is 0 Å². The van der Waals surface area contributed by atoms with Gasteiger partial charge in [-0.25, -0.2) is 20.0 Å². The molecule has 4 heteroatoms. The fourth-order valence-corrected chi connectivity index (χ4v) is 8.88. The lowest BCUT2D eigenvalue weighted by molar-refractivity contribution is 1.19. The molecule has 0 unspecified atom stereocenters. The Hall–Kier alpha value is -9.12. The second kappa shape index (κ2) is 20.4. The second-order valence-electron chi connectivity index (χ2n) is 17.5. The first-order valence-electron chi connectivity index (χ1n) is 23.8. The van der Waals surface area contributed by atoms with E-state index in [1.54, 1.807) is 0 Å². The molecule has 0 aliphatic carbocycles. The predicted octanol–water partition coefficient (Wildman–Crippen LogP) is 15.9. The van der Waals surface area contributed by atoms with Crippen LogP contribution in [-0.2, 0) is 12.8 Å². The van der Waals surface area contributed by atoms with Gasteiger partial charge in [0.2, 0.25) is 0 Å². The minimum absolute atomic E-state index is 0.791. The second-order valence-corrected chi connectivity index (χ2v) is 17.5. The van der Waals surface area contributed by atoms with Gasteiger partial charge in [-0.05, 0) is 83.6 Å². The first kappa shape index (κ1) is 43.5. The quantitative estimate of drug-likeness (QED) is 0.169. The molecule has 0 N–H and O–H groups in total. The zero-order valence-electron chi connectivity index (χ0n) is 38.6. The molecule has 10 aromatic rings. The normalized spacial score (nSPS) is 12.8. The van der Waals surface area contributed by atoms with Gasteiger partial charge in [0.1, 0.15) is 0 Å². The molecule has 10 aliphatic heterocycles. The SMILES string of the molecule is c1ccc(C2=Nc3ccc(cc3)C(c3ccccc3)=Nc3ccc(cc3)Cc3ccc(cc3)N=C(c3ccccc3)c3ccc(cc3)C(c3ccccc3)=Nc3ccc(cc3)Cc3ccc2cc3)cc1. The maximum atomic E-state index is 5.28. The Balaban J connectivity index is 0.995. The topological polar surface area (TPSA) is 49.4 Å². The largest absolute Gasteiger partial charge is 0.248 e. The van der Waals surface area contributed by atoms with Crippen molar-refractivity contribution in [2.75, 3.05) is 0 Å². The molecular formula is C66H48N4. The zero-order valence-corrected chi connectivity index (χ0v) is 38.6. The van der Waals surface area contributed by atoms with Crippen LogP contribution < -0.4 is 0 Å². The molecule has 10 heterocycles. The Morgan fingerprint density at radius 3 is 0.586 bits per heavy atom. The van der Waals surface area contributed by atoms with Crippen LogP contribution in [0.2, 0.25) is 0 Å². The smallest absolute Gasteiger partial charge is 0.0781 e. The maximum Gasteiger partial charge on any atom is 0.0781 e. The maximum absolute atomic E-state index is 5.28. The van der Waals surface area contributed by atoms with Crippen molar-refractivity contribution in [3.63, 3.8) is 0 Å². The van der Waals surface area contributed by atoms with Crippen LogP contribution in [0, 0.1) is 0 Å². The zero-order chi connectivity index (χ0) is 46.9. The summed E-state index contributed by atoms with van der Waals surface area (Å²) >= 11 is 0. The molecule has 10 aliphatic rings. The van der Waals surface area contributed by atoms with Crippen molar-refractivity contribution in [2.24, 2.45) is 20.0 Å². The van der Waals surface area contributed by atoms with Gasteiger partial charge in [0, 0.05) is 44.5 Å². The van der Waals surface area contributed by atoms with Crippen molar-refractivity contribution >= 4 is 45.6 Å². The fraction of sp³-hybridized carbons (Fsp3) is 0.0303. The van der Waals surface area contributed by atoms with E-state index in [1.165, 1.54) is 22.3 Å². The van der Waals surface area contributed by atoms with Gasteiger partial charge in [-0.1, -0.05) is 218 Å². The number of aliphatic imine (C=N–C) groups is 4. The monoisotopic (exact) mass is 896 g/mol. The van der Waals surface area contributed by atoms with Crippen molar-refractivity contribution in [1.82, 2.24) is 0 Å². The van der Waals surface area contributed by atoms with Crippen molar-refractivity contribution in [2.45, 2.75) is 12.8 Å². The average molecular weight is 897 g/mol. The van der Waals surface area contributed by atoms with E-state index in [0.29, 0.717) is 0 Å². The molecule has 0 saturated heterocycles. The highest BCUT2D eigenvalue weighted by molar-refractivity contribution is 6.17. The molecule has 70 heavy (non-hydrogen) atoms.